The summed E-state index contributed by atoms with van der Waals surface area (Å²) in [5.41, 5.74) is 23.9. The maximum atomic E-state index is 14.6. The minimum atomic E-state index is -1.19. The molecule has 6 aromatic rings. The summed E-state index contributed by atoms with van der Waals surface area (Å²) in [6.45, 7) is 1.75. The average molecular weight is 675 g/mol. The Balaban J connectivity index is 1.70. The van der Waals surface area contributed by atoms with Crippen LogP contribution in [-0.4, -0.2) is 33.2 Å². The smallest absolute Gasteiger partial charge is 0.125 e. The van der Waals surface area contributed by atoms with Crippen LogP contribution in [0.15, 0.2) is 91.0 Å². The molecule has 1 aliphatic rings. The van der Waals surface area contributed by atoms with Gasteiger partial charge in [-0.1, -0.05) is 19.1 Å². The Morgan fingerprint density at radius 1 is 0.600 bits per heavy atom. The highest BCUT2D eigenvalue weighted by Gasteiger charge is 2.25. The lowest BCUT2D eigenvalue weighted by Gasteiger charge is -2.19. The van der Waals surface area contributed by atoms with Crippen LogP contribution in [0.25, 0.3) is 73.1 Å². The lowest BCUT2D eigenvalue weighted by Crippen LogP contribution is -2.32. The van der Waals surface area contributed by atoms with Crippen molar-refractivity contribution >= 4 is 39.3 Å². The number of alkyl halides is 1. The number of benzene rings is 4. The zero-order chi connectivity index (χ0) is 35.3. The molecule has 0 aliphatic heterocycles. The fourth-order valence-electron chi connectivity index (χ4n) is 6.03. The number of nitrogens with two attached hydrogens (primary N) is 3. The molecular weight excluding hydrogens is 644 g/mol. The van der Waals surface area contributed by atoms with Crippen molar-refractivity contribution in [3.05, 3.63) is 125 Å². The predicted octanol–water partition coefficient (Wildman–Crippen LogP) is 5.15. The molecule has 4 aromatic carbocycles. The number of hydrogen-bond donors (Lipinski definition) is 4. The summed E-state index contributed by atoms with van der Waals surface area (Å²) in [5, 5.41) is 3.50. The van der Waals surface area contributed by atoms with Crippen LogP contribution in [0, 0.1) is 23.4 Å². The van der Waals surface area contributed by atoms with E-state index in [4.69, 9.17) is 37.1 Å². The molecule has 12 heteroatoms. The van der Waals surface area contributed by atoms with Crippen LogP contribution in [0.5, 0.6) is 0 Å². The molecule has 0 saturated heterocycles. The van der Waals surface area contributed by atoms with E-state index >= 15 is 0 Å². The fourth-order valence-corrected chi connectivity index (χ4v) is 6.03. The van der Waals surface area contributed by atoms with Crippen LogP contribution < -0.4 is 33.0 Å². The molecule has 1 aliphatic carbocycles. The second-order valence-corrected chi connectivity index (χ2v) is 11.9. The van der Waals surface area contributed by atoms with Gasteiger partial charge in [0, 0.05) is 29.7 Å². The summed E-state index contributed by atoms with van der Waals surface area (Å²) >= 11 is 0. The summed E-state index contributed by atoms with van der Waals surface area (Å²) in [6, 6.07) is 17.2. The number of rotatable bonds is 5. The van der Waals surface area contributed by atoms with E-state index in [1.54, 1.807) is 62.5 Å². The van der Waals surface area contributed by atoms with Gasteiger partial charge in [0.1, 0.15) is 57.3 Å². The van der Waals surface area contributed by atoms with Gasteiger partial charge in [-0.25, -0.2) is 37.5 Å². The highest BCUT2D eigenvalue weighted by atomic mass is 19.1. The quantitative estimate of drug-likeness (QED) is 0.146. The standard InChI is InChI=1S/C38H30F4N8/c1-18-17-22(9-16-26(18)42)32-31(21-7-14-25(41)15-8-21)49-36-28(38(45)46-2)35-33(27(37(43)44)34(36)50-32)47-29(19-3-10-23(39)11-4-19)30(48-35)20-5-12-24(40)13-6-20/h3-18,26,46H,43-45H2,1-2H3/b38-28+. The van der Waals surface area contributed by atoms with Gasteiger partial charge in [0.2, 0.25) is 0 Å². The van der Waals surface area contributed by atoms with E-state index in [1.165, 1.54) is 42.5 Å². The zero-order valence-corrected chi connectivity index (χ0v) is 26.8. The second-order valence-electron chi connectivity index (χ2n) is 11.9. The largest absolute Gasteiger partial charge is 0.385 e. The molecule has 2 unspecified atom stereocenters. The molecule has 0 saturated carbocycles. The van der Waals surface area contributed by atoms with Gasteiger partial charge in [-0.3, -0.25) is 0 Å². The Bertz CT molecular complexity index is 2490. The van der Waals surface area contributed by atoms with Gasteiger partial charge in [-0.2, -0.15) is 0 Å². The summed E-state index contributed by atoms with van der Waals surface area (Å²) in [5.74, 6) is -1.79. The summed E-state index contributed by atoms with van der Waals surface area (Å²) in [6.07, 6.45) is 3.63. The Morgan fingerprint density at radius 2 is 0.980 bits per heavy atom. The lowest BCUT2D eigenvalue weighted by atomic mass is 9.92. The van der Waals surface area contributed by atoms with Gasteiger partial charge < -0.3 is 22.5 Å². The second kappa shape index (κ2) is 12.6. The first-order valence-electron chi connectivity index (χ1n) is 15.6. The van der Waals surface area contributed by atoms with E-state index in [9.17, 15) is 17.6 Å². The van der Waals surface area contributed by atoms with E-state index in [-0.39, 0.29) is 38.9 Å². The Labute approximate surface area is 283 Å². The Hall–Kier alpha value is -6.30. The van der Waals surface area contributed by atoms with Gasteiger partial charge in [-0.15, -0.1) is 0 Å². The number of hydrogen-bond acceptors (Lipinski definition) is 8. The van der Waals surface area contributed by atoms with Crippen LogP contribution in [0.1, 0.15) is 12.6 Å². The molecule has 7 rings (SSSR count). The predicted molar refractivity (Wildman–Crippen MR) is 188 cm³/mol. The molecule has 2 aromatic heterocycles. The van der Waals surface area contributed by atoms with Crippen molar-refractivity contribution in [3.8, 4) is 33.8 Å². The fraction of sp³-hybridized carbons (Fsp3) is 0.105. The maximum Gasteiger partial charge on any atom is 0.125 e. The van der Waals surface area contributed by atoms with Crippen molar-refractivity contribution in [3.63, 3.8) is 0 Å². The van der Waals surface area contributed by atoms with Crippen molar-refractivity contribution in [1.82, 2.24) is 25.3 Å². The van der Waals surface area contributed by atoms with E-state index < -0.39 is 29.5 Å². The molecule has 0 radical (unpaired) electrons. The van der Waals surface area contributed by atoms with E-state index in [0.717, 1.165) is 0 Å². The molecule has 0 amide bonds. The molecule has 0 spiro atoms. The van der Waals surface area contributed by atoms with Crippen molar-refractivity contribution in [2.75, 3.05) is 7.05 Å². The Morgan fingerprint density at radius 3 is 1.36 bits per heavy atom. The highest BCUT2D eigenvalue weighted by molar-refractivity contribution is 5.99. The van der Waals surface area contributed by atoms with Crippen molar-refractivity contribution in [2.45, 2.75) is 13.1 Å². The summed E-state index contributed by atoms with van der Waals surface area (Å²) < 4.78 is 56.8. The van der Waals surface area contributed by atoms with Gasteiger partial charge in [0.15, 0.2) is 0 Å². The molecule has 0 bridgehead atoms. The molecule has 0 fully saturated rings. The topological polar surface area (TPSA) is 142 Å². The molecule has 8 nitrogen and oxygen atoms in total. The van der Waals surface area contributed by atoms with Gasteiger partial charge in [0.05, 0.1) is 33.2 Å². The van der Waals surface area contributed by atoms with E-state index in [1.807, 2.05) is 0 Å². The third-order valence-electron chi connectivity index (χ3n) is 8.60. The molecule has 250 valence electrons. The minimum absolute atomic E-state index is 0.149. The molecule has 2 atom stereocenters. The van der Waals surface area contributed by atoms with Crippen molar-refractivity contribution in [2.24, 2.45) is 23.1 Å². The van der Waals surface area contributed by atoms with E-state index in [0.29, 0.717) is 50.3 Å². The number of halogens is 4. The number of nitrogens with one attached hydrogen (secondary N) is 1. The van der Waals surface area contributed by atoms with Crippen LogP contribution in [-0.2, 0) is 0 Å². The maximum absolute atomic E-state index is 14.6. The highest BCUT2D eigenvalue weighted by Crippen LogP contribution is 2.34. The summed E-state index contributed by atoms with van der Waals surface area (Å²) in [7, 11) is 1.63. The van der Waals surface area contributed by atoms with Gasteiger partial charge in [0.25, 0.3) is 0 Å². The van der Waals surface area contributed by atoms with Crippen LogP contribution in [0.2, 0.25) is 0 Å². The first kappa shape index (κ1) is 32.3. The molecule has 50 heavy (non-hydrogen) atoms. The first-order chi connectivity index (χ1) is 24.0. The van der Waals surface area contributed by atoms with Crippen molar-refractivity contribution in [1.29, 1.82) is 0 Å². The van der Waals surface area contributed by atoms with Gasteiger partial charge in [-0.05, 0) is 84.4 Å². The minimum Gasteiger partial charge on any atom is -0.385 e. The average Bonchev–Trinajstić information content (AvgIpc) is 3.11. The van der Waals surface area contributed by atoms with E-state index in [2.05, 4.69) is 5.32 Å². The number of allylic oxidation sites excluding steroid dienone is 4. The third-order valence-corrected chi connectivity index (χ3v) is 8.60. The number of aromatic nitrogens is 4. The monoisotopic (exact) mass is 674 g/mol. The van der Waals surface area contributed by atoms with Gasteiger partial charge >= 0.3 is 0 Å². The lowest BCUT2D eigenvalue weighted by molar-refractivity contribution is 0.335. The number of nitrogens with zero attached hydrogens (tertiary/aromatic N) is 4. The number of fused-ring (bicyclic) bond motifs is 2. The normalized spacial score (nSPS) is 16.4. The molecule has 7 N–H and O–H groups in total. The summed E-state index contributed by atoms with van der Waals surface area (Å²) in [4.78, 5) is 20.2. The van der Waals surface area contributed by atoms with Crippen LogP contribution in [0.3, 0.4) is 0 Å². The molecule has 2 heterocycles. The van der Waals surface area contributed by atoms with Crippen LogP contribution in [0.4, 0.5) is 17.6 Å². The third kappa shape index (κ3) is 5.64. The molecular formula is C38H30F4N8. The SMILES string of the molecule is CN/C(N)=c1/c2nc(-c3ccc(F)cc3)c(C3=CC(C)C(F)C=C3)nc2c(=C(N)N)c2nc(-c3ccc(F)cc3)c(-c3ccc(F)cc3)nc12. The Kier molecular flexibility index (Phi) is 8.14. The van der Waals surface area contributed by atoms with Crippen molar-refractivity contribution < 1.29 is 17.6 Å². The first-order valence-corrected chi connectivity index (χ1v) is 15.6. The van der Waals surface area contributed by atoms with Crippen LogP contribution >= 0.6 is 0 Å². The zero-order valence-electron chi connectivity index (χ0n) is 26.8.